The fourth-order valence-electron chi connectivity index (χ4n) is 5.33. The molecule has 5 rings (SSSR count). The van der Waals surface area contributed by atoms with Crippen LogP contribution in [0.1, 0.15) is 48.5 Å². The predicted octanol–water partition coefficient (Wildman–Crippen LogP) is 4.88. The van der Waals surface area contributed by atoms with E-state index in [9.17, 15) is 14.0 Å². The predicted molar refractivity (Wildman–Crippen MR) is 124 cm³/mol. The Bertz CT molecular complexity index is 946. The minimum Gasteiger partial charge on any atom is -0.338 e. The van der Waals surface area contributed by atoms with Crippen molar-refractivity contribution in [2.24, 2.45) is 11.8 Å². The van der Waals surface area contributed by atoms with Crippen LogP contribution in [0.3, 0.4) is 0 Å². The number of rotatable bonds is 8. The normalized spacial score (nSPS) is 22.5. The van der Waals surface area contributed by atoms with Gasteiger partial charge in [-0.3, -0.25) is 9.69 Å². The molecule has 3 fully saturated rings. The maximum Gasteiger partial charge on any atom is 0.319 e. The Morgan fingerprint density at radius 1 is 1.12 bits per heavy atom. The number of nitrogens with zero attached hydrogens (tertiary/aromatic N) is 1. The highest BCUT2D eigenvalue weighted by Crippen LogP contribution is 2.40. The Hall–Kier alpha value is -2.73. The number of hydrogen-bond acceptors (Lipinski definition) is 3. The summed E-state index contributed by atoms with van der Waals surface area (Å²) in [7, 11) is 0. The zero-order valence-corrected chi connectivity index (χ0v) is 18.6. The molecule has 3 aliphatic rings. The summed E-state index contributed by atoms with van der Waals surface area (Å²) in [6, 6.07) is 14.2. The zero-order chi connectivity index (χ0) is 22.5. The highest BCUT2D eigenvalue weighted by atomic mass is 19.1. The van der Waals surface area contributed by atoms with Crippen molar-refractivity contribution in [1.82, 2.24) is 10.2 Å². The molecule has 2 amide bonds. The number of nitrogens with one attached hydrogen (secondary N) is 2. The van der Waals surface area contributed by atoms with E-state index in [4.69, 9.17) is 0 Å². The smallest absolute Gasteiger partial charge is 0.319 e. The third-order valence-electron chi connectivity index (χ3n) is 6.86. The first-order valence-electron chi connectivity index (χ1n) is 11.6. The van der Waals surface area contributed by atoms with E-state index in [1.807, 2.05) is 12.1 Å². The molecule has 170 valence electrons. The summed E-state index contributed by atoms with van der Waals surface area (Å²) in [5, 5.41) is 5.72. The van der Waals surface area contributed by atoms with Gasteiger partial charge in [-0.25, -0.2) is 9.18 Å². The molecule has 2 aromatic carbocycles. The first kappa shape index (κ1) is 22.5. The van der Waals surface area contributed by atoms with E-state index < -0.39 is 0 Å². The van der Waals surface area contributed by atoms with E-state index in [1.165, 1.54) is 31.7 Å². The number of anilines is 1. The second-order valence-electron chi connectivity index (χ2n) is 9.20. The van der Waals surface area contributed by atoms with Gasteiger partial charge in [-0.05, 0) is 80.7 Å². The van der Waals surface area contributed by atoms with Crippen LogP contribution in [-0.4, -0.2) is 42.4 Å². The first-order valence-corrected chi connectivity index (χ1v) is 11.6. The molecule has 0 aromatic heterocycles. The molecule has 2 aliphatic heterocycles. The van der Waals surface area contributed by atoms with Crippen molar-refractivity contribution in [1.29, 1.82) is 0 Å². The van der Waals surface area contributed by atoms with Gasteiger partial charge in [-0.15, -0.1) is 0 Å². The Morgan fingerprint density at radius 2 is 1.94 bits per heavy atom. The number of urea groups is 1. The van der Waals surface area contributed by atoms with E-state index in [-0.39, 0.29) is 17.6 Å². The van der Waals surface area contributed by atoms with Crippen molar-refractivity contribution in [2.45, 2.75) is 45.1 Å². The number of benzene rings is 2. The summed E-state index contributed by atoms with van der Waals surface area (Å²) in [4.78, 5) is 26.3. The van der Waals surface area contributed by atoms with Crippen molar-refractivity contribution in [2.75, 3.05) is 25.0 Å². The van der Waals surface area contributed by atoms with E-state index >= 15 is 0 Å². The Morgan fingerprint density at radius 3 is 2.69 bits per heavy atom. The topological polar surface area (TPSA) is 61.4 Å². The number of carbonyl (C=O) groups excluding carboxylic acids is 2. The maximum absolute atomic E-state index is 13.2. The average Bonchev–Trinajstić information content (AvgIpc) is 2.79. The molecule has 1 saturated carbocycles. The molecular formula is C26H32FN3O2. The molecule has 6 heteroatoms. The number of fused-ring (bicyclic) bond motifs is 3. The standard InChI is InChI=1S/C26H32FN3O2/c1-18(31)21-4-2-5-24(16-21)29-26(32)28-12-3-13-30-17-20-8-11-25(30)22(15-20)14-19-6-9-23(27)10-7-19/h2,4-7,9-10,16,20,22,25H,3,8,11-15,17H2,1H3,(H2,28,29,32)/t20-,22-,25-/m1/s1. The fourth-order valence-corrected chi connectivity index (χ4v) is 5.33. The number of ketones is 1. The number of carbonyl (C=O) groups is 2. The van der Waals surface area contributed by atoms with Crippen molar-refractivity contribution in [3.8, 4) is 0 Å². The van der Waals surface area contributed by atoms with Crippen LogP contribution in [0.15, 0.2) is 48.5 Å². The van der Waals surface area contributed by atoms with E-state index in [0.29, 0.717) is 29.8 Å². The molecule has 0 radical (unpaired) electrons. The van der Waals surface area contributed by atoms with Gasteiger partial charge in [-0.1, -0.05) is 24.3 Å². The second kappa shape index (κ2) is 10.3. The largest absolute Gasteiger partial charge is 0.338 e. The molecule has 5 nitrogen and oxygen atoms in total. The van der Waals surface area contributed by atoms with Crippen LogP contribution in [0.2, 0.25) is 0 Å². The summed E-state index contributed by atoms with van der Waals surface area (Å²) < 4.78 is 13.2. The molecule has 0 spiro atoms. The number of piperidine rings is 2. The minimum atomic E-state index is -0.250. The molecule has 32 heavy (non-hydrogen) atoms. The highest BCUT2D eigenvalue weighted by molar-refractivity contribution is 5.96. The average molecular weight is 438 g/mol. The Balaban J connectivity index is 1.22. The van der Waals surface area contributed by atoms with E-state index in [0.717, 1.165) is 31.8 Å². The molecule has 3 atom stereocenters. The summed E-state index contributed by atoms with van der Waals surface area (Å²) >= 11 is 0. The number of halogens is 1. The summed E-state index contributed by atoms with van der Waals surface area (Å²) in [5.41, 5.74) is 2.42. The van der Waals surface area contributed by atoms with Crippen molar-refractivity contribution >= 4 is 17.5 Å². The number of hydrogen-bond donors (Lipinski definition) is 2. The van der Waals surface area contributed by atoms with Gasteiger partial charge >= 0.3 is 6.03 Å². The monoisotopic (exact) mass is 437 g/mol. The minimum absolute atomic E-state index is 0.0254. The molecule has 1 aliphatic carbocycles. The lowest BCUT2D eigenvalue weighted by Crippen LogP contribution is -2.54. The van der Waals surface area contributed by atoms with Crippen LogP contribution < -0.4 is 10.6 Å². The highest BCUT2D eigenvalue weighted by Gasteiger charge is 2.40. The maximum atomic E-state index is 13.2. The van der Waals surface area contributed by atoms with Crippen LogP contribution in [-0.2, 0) is 6.42 Å². The van der Waals surface area contributed by atoms with Crippen LogP contribution in [0.4, 0.5) is 14.9 Å². The molecule has 2 aromatic rings. The summed E-state index contributed by atoms with van der Waals surface area (Å²) in [6.07, 6.45) is 5.71. The van der Waals surface area contributed by atoms with Crippen molar-refractivity contribution in [3.05, 3.63) is 65.5 Å². The lowest BCUT2D eigenvalue weighted by atomic mass is 9.70. The third kappa shape index (κ3) is 5.74. The zero-order valence-electron chi connectivity index (χ0n) is 18.6. The van der Waals surface area contributed by atoms with Crippen LogP contribution in [0.25, 0.3) is 0 Å². The van der Waals surface area contributed by atoms with Gasteiger partial charge in [0.1, 0.15) is 5.82 Å². The van der Waals surface area contributed by atoms with Crippen molar-refractivity contribution in [3.63, 3.8) is 0 Å². The van der Waals surface area contributed by atoms with Gasteiger partial charge in [-0.2, -0.15) is 0 Å². The fraction of sp³-hybridized carbons (Fsp3) is 0.462. The molecule has 2 saturated heterocycles. The quantitative estimate of drug-likeness (QED) is 0.457. The SMILES string of the molecule is CC(=O)c1cccc(NC(=O)NCCCN2C[C@@H]3CC[C@@H]2[C@H](Cc2ccc(F)cc2)C3)c1. The summed E-state index contributed by atoms with van der Waals surface area (Å²) in [6.45, 7) is 4.24. The van der Waals surface area contributed by atoms with Gasteiger partial charge in [0.15, 0.2) is 5.78 Å². The van der Waals surface area contributed by atoms with Gasteiger partial charge in [0.25, 0.3) is 0 Å². The molecule has 0 unspecified atom stereocenters. The lowest BCUT2D eigenvalue weighted by Gasteiger charge is -2.50. The van der Waals surface area contributed by atoms with Crippen LogP contribution in [0.5, 0.6) is 0 Å². The first-order chi connectivity index (χ1) is 15.5. The molecule has 2 N–H and O–H groups in total. The van der Waals surface area contributed by atoms with E-state index in [1.54, 1.807) is 36.4 Å². The van der Waals surface area contributed by atoms with Crippen molar-refractivity contribution < 1.29 is 14.0 Å². The van der Waals surface area contributed by atoms with Gasteiger partial charge in [0.2, 0.25) is 0 Å². The summed E-state index contributed by atoms with van der Waals surface area (Å²) in [5.74, 6) is 1.17. The Kier molecular flexibility index (Phi) is 7.20. The second-order valence-corrected chi connectivity index (χ2v) is 9.20. The van der Waals surface area contributed by atoms with Crippen LogP contribution >= 0.6 is 0 Å². The number of Topliss-reactive ketones (excluding diaryl/α,β-unsaturated/α-hetero) is 1. The third-order valence-corrected chi connectivity index (χ3v) is 6.86. The van der Waals surface area contributed by atoms with Gasteiger partial charge < -0.3 is 10.6 Å². The van der Waals surface area contributed by atoms with Gasteiger partial charge in [0, 0.05) is 36.9 Å². The lowest BCUT2D eigenvalue weighted by molar-refractivity contribution is 0.000976. The van der Waals surface area contributed by atoms with Gasteiger partial charge in [0.05, 0.1) is 0 Å². The molecular weight excluding hydrogens is 405 g/mol. The Labute approximate surface area is 189 Å². The molecule has 2 heterocycles. The van der Waals surface area contributed by atoms with Crippen LogP contribution in [0, 0.1) is 17.7 Å². The van der Waals surface area contributed by atoms with E-state index in [2.05, 4.69) is 15.5 Å². The number of amides is 2. The molecule has 2 bridgehead atoms.